The Morgan fingerprint density at radius 3 is 2.72 bits per heavy atom. The smallest absolute Gasteiger partial charge is 0.133 e. The highest BCUT2D eigenvalue weighted by Gasteiger charge is 2.16. The average molecular weight is 246 g/mol. The second kappa shape index (κ2) is 4.50. The second-order valence-corrected chi connectivity index (χ2v) is 4.37. The van der Waals surface area contributed by atoms with Gasteiger partial charge in [0, 0.05) is 11.6 Å². The molecule has 1 aliphatic heterocycles. The molecule has 0 saturated carbocycles. The first-order chi connectivity index (χ1) is 8.75. The van der Waals surface area contributed by atoms with Crippen LogP contribution in [0.5, 0.6) is 0 Å². The number of hydrogen-bond donors (Lipinski definition) is 0. The van der Waals surface area contributed by atoms with Gasteiger partial charge in [0.2, 0.25) is 0 Å². The highest BCUT2D eigenvalue weighted by molar-refractivity contribution is 5.69. The summed E-state index contributed by atoms with van der Waals surface area (Å²) >= 11 is 0. The largest absolute Gasteiger partial charge is 0.376 e. The first kappa shape index (κ1) is 11.4. The maximum atomic E-state index is 13.8. The van der Waals surface area contributed by atoms with Crippen LogP contribution in [0.2, 0.25) is 0 Å². The topological polar surface area (TPSA) is 9.23 Å². The van der Waals surface area contributed by atoms with Crippen LogP contribution >= 0.6 is 0 Å². The summed E-state index contributed by atoms with van der Waals surface area (Å²) in [5.74, 6) is -1.09. The van der Waals surface area contributed by atoms with Crippen molar-refractivity contribution >= 4 is 0 Å². The zero-order chi connectivity index (χ0) is 12.5. The Labute approximate surface area is 104 Å². The molecule has 1 heterocycles. The Hall–Kier alpha value is -1.74. The van der Waals surface area contributed by atoms with E-state index in [0.29, 0.717) is 18.8 Å². The minimum atomic E-state index is -0.558. The van der Waals surface area contributed by atoms with Gasteiger partial charge in [-0.15, -0.1) is 0 Å². The van der Waals surface area contributed by atoms with Gasteiger partial charge < -0.3 is 4.74 Å². The normalized spacial score (nSPS) is 14.3. The van der Waals surface area contributed by atoms with Crippen LogP contribution in [-0.4, -0.2) is 6.61 Å². The molecule has 3 rings (SSSR count). The van der Waals surface area contributed by atoms with Crippen molar-refractivity contribution in [2.24, 2.45) is 0 Å². The lowest BCUT2D eigenvalue weighted by Gasteiger charge is -2.20. The van der Waals surface area contributed by atoms with Crippen molar-refractivity contribution in [3.8, 4) is 11.1 Å². The Balaban J connectivity index is 2.17. The number of fused-ring (bicyclic) bond motifs is 1. The molecular weight excluding hydrogens is 234 g/mol. The molecule has 0 bridgehead atoms. The van der Waals surface area contributed by atoms with E-state index in [1.807, 2.05) is 18.2 Å². The summed E-state index contributed by atoms with van der Waals surface area (Å²) in [6.45, 7) is 1.19. The van der Waals surface area contributed by atoms with Gasteiger partial charge in [-0.3, -0.25) is 0 Å². The molecule has 0 saturated heterocycles. The molecule has 2 aromatic carbocycles. The quantitative estimate of drug-likeness (QED) is 0.745. The van der Waals surface area contributed by atoms with E-state index < -0.39 is 11.6 Å². The van der Waals surface area contributed by atoms with Crippen LogP contribution in [0, 0.1) is 11.6 Å². The van der Waals surface area contributed by atoms with Gasteiger partial charge in [0.25, 0.3) is 0 Å². The van der Waals surface area contributed by atoms with Gasteiger partial charge in [0.1, 0.15) is 11.6 Å². The molecule has 0 spiro atoms. The minimum Gasteiger partial charge on any atom is -0.376 e. The third kappa shape index (κ3) is 1.91. The predicted octanol–water partition coefficient (Wildman–Crippen LogP) is 3.70. The molecule has 92 valence electrons. The highest BCUT2D eigenvalue weighted by atomic mass is 19.1. The van der Waals surface area contributed by atoms with Crippen LogP contribution in [0.25, 0.3) is 11.1 Å². The van der Waals surface area contributed by atoms with Crippen molar-refractivity contribution in [3.05, 3.63) is 59.2 Å². The molecule has 1 nitrogen and oxygen atoms in total. The Morgan fingerprint density at radius 2 is 1.89 bits per heavy atom. The summed E-state index contributed by atoms with van der Waals surface area (Å²) in [6.07, 6.45) is 0.839. The Kier molecular flexibility index (Phi) is 2.84. The van der Waals surface area contributed by atoms with E-state index in [4.69, 9.17) is 4.74 Å². The molecule has 1 aliphatic rings. The van der Waals surface area contributed by atoms with Crippen LogP contribution in [0.1, 0.15) is 11.1 Å². The van der Waals surface area contributed by atoms with Crippen LogP contribution in [0.15, 0.2) is 36.4 Å². The van der Waals surface area contributed by atoms with Crippen molar-refractivity contribution in [2.75, 3.05) is 6.61 Å². The third-order valence-corrected chi connectivity index (χ3v) is 3.26. The van der Waals surface area contributed by atoms with E-state index >= 15 is 0 Å². The molecule has 2 aromatic rings. The van der Waals surface area contributed by atoms with Gasteiger partial charge in [-0.1, -0.05) is 18.2 Å². The lowest BCUT2D eigenvalue weighted by atomic mass is 9.93. The number of rotatable bonds is 1. The molecule has 0 atom stereocenters. The predicted molar refractivity (Wildman–Crippen MR) is 65.2 cm³/mol. The minimum absolute atomic E-state index is 0.429. The summed E-state index contributed by atoms with van der Waals surface area (Å²) < 4.78 is 32.2. The van der Waals surface area contributed by atoms with Crippen molar-refractivity contribution < 1.29 is 13.5 Å². The van der Waals surface area contributed by atoms with Crippen molar-refractivity contribution in [2.45, 2.75) is 13.0 Å². The maximum Gasteiger partial charge on any atom is 0.133 e. The molecule has 0 N–H and O–H groups in total. The van der Waals surface area contributed by atoms with Gasteiger partial charge >= 0.3 is 0 Å². The number of hydrogen-bond acceptors (Lipinski definition) is 1. The lowest BCUT2D eigenvalue weighted by molar-refractivity contribution is 0.111. The lowest BCUT2D eigenvalue weighted by Crippen LogP contribution is -2.11. The van der Waals surface area contributed by atoms with Crippen molar-refractivity contribution in [1.82, 2.24) is 0 Å². The van der Waals surface area contributed by atoms with Gasteiger partial charge in [-0.2, -0.15) is 0 Å². The first-order valence-electron chi connectivity index (χ1n) is 5.89. The van der Waals surface area contributed by atoms with E-state index in [9.17, 15) is 8.78 Å². The van der Waals surface area contributed by atoms with Crippen molar-refractivity contribution in [1.29, 1.82) is 0 Å². The van der Waals surface area contributed by atoms with Crippen LogP contribution in [0.3, 0.4) is 0 Å². The zero-order valence-corrected chi connectivity index (χ0v) is 9.75. The van der Waals surface area contributed by atoms with Crippen LogP contribution < -0.4 is 0 Å². The Bertz CT molecular complexity index is 593. The summed E-state index contributed by atoms with van der Waals surface area (Å²) in [7, 11) is 0. The average Bonchev–Trinajstić information content (AvgIpc) is 2.38. The van der Waals surface area contributed by atoms with Crippen LogP contribution in [-0.2, 0) is 17.8 Å². The van der Waals surface area contributed by atoms with Crippen molar-refractivity contribution in [3.63, 3.8) is 0 Å². The monoisotopic (exact) mass is 246 g/mol. The van der Waals surface area contributed by atoms with E-state index in [1.54, 1.807) is 0 Å². The fraction of sp³-hybridized carbons (Fsp3) is 0.200. The number of halogens is 2. The SMILES string of the molecule is Fc1ccc(-c2cccc3c2COCC3)c(F)c1. The number of benzene rings is 2. The summed E-state index contributed by atoms with van der Waals surface area (Å²) in [4.78, 5) is 0. The van der Waals surface area contributed by atoms with Gasteiger partial charge in [-0.05, 0) is 35.2 Å². The fourth-order valence-corrected chi connectivity index (χ4v) is 2.36. The third-order valence-electron chi connectivity index (χ3n) is 3.26. The molecule has 0 aromatic heterocycles. The highest BCUT2D eigenvalue weighted by Crippen LogP contribution is 2.31. The van der Waals surface area contributed by atoms with E-state index in [2.05, 4.69) is 0 Å². The van der Waals surface area contributed by atoms with Gasteiger partial charge in [-0.25, -0.2) is 8.78 Å². The fourth-order valence-electron chi connectivity index (χ4n) is 2.36. The second-order valence-electron chi connectivity index (χ2n) is 4.37. The molecule has 3 heteroatoms. The molecule has 0 aliphatic carbocycles. The standard InChI is InChI=1S/C15H12F2O/c16-11-4-5-13(15(17)8-11)12-3-1-2-10-6-7-18-9-14(10)12/h1-5,8H,6-7,9H2. The molecule has 0 unspecified atom stereocenters. The van der Waals surface area contributed by atoms with Gasteiger partial charge in [0.05, 0.1) is 13.2 Å². The molecule has 0 radical (unpaired) electrons. The molecular formula is C15H12F2O. The molecule has 0 amide bonds. The summed E-state index contributed by atoms with van der Waals surface area (Å²) in [6, 6.07) is 9.46. The van der Waals surface area contributed by atoms with E-state index in [0.717, 1.165) is 23.6 Å². The zero-order valence-electron chi connectivity index (χ0n) is 9.75. The molecule has 0 fully saturated rings. The van der Waals surface area contributed by atoms with E-state index in [-0.39, 0.29) is 0 Å². The maximum absolute atomic E-state index is 13.8. The van der Waals surface area contributed by atoms with E-state index in [1.165, 1.54) is 17.7 Å². The summed E-state index contributed by atoms with van der Waals surface area (Å²) in [5, 5.41) is 0. The number of ether oxygens (including phenoxy) is 1. The van der Waals surface area contributed by atoms with Gasteiger partial charge in [0.15, 0.2) is 0 Å². The van der Waals surface area contributed by atoms with Crippen LogP contribution in [0.4, 0.5) is 8.78 Å². The summed E-state index contributed by atoms with van der Waals surface area (Å²) in [5.41, 5.74) is 3.42. The Morgan fingerprint density at radius 1 is 1.00 bits per heavy atom. The first-order valence-corrected chi connectivity index (χ1v) is 5.89. The molecule has 18 heavy (non-hydrogen) atoms.